The Morgan fingerprint density at radius 1 is 1.06 bits per heavy atom. The van der Waals surface area contributed by atoms with Crippen LogP contribution in [0.3, 0.4) is 0 Å². The van der Waals surface area contributed by atoms with E-state index in [0.717, 1.165) is 17.8 Å². The van der Waals surface area contributed by atoms with Crippen molar-refractivity contribution >= 4 is 50.7 Å². The third-order valence-corrected chi connectivity index (χ3v) is 8.10. The first-order chi connectivity index (χ1) is 16.3. The predicted octanol–water partition coefficient (Wildman–Crippen LogP) is 5.37. The summed E-state index contributed by atoms with van der Waals surface area (Å²) in [6.07, 6.45) is -4.76. The molecule has 4 rings (SSSR count). The van der Waals surface area contributed by atoms with Crippen LogP contribution in [0.5, 0.6) is 0 Å². The lowest BCUT2D eigenvalue weighted by Crippen LogP contribution is -2.45. The van der Waals surface area contributed by atoms with Crippen molar-refractivity contribution in [2.45, 2.75) is 24.0 Å². The molecule has 1 amide bonds. The van der Waals surface area contributed by atoms with Gasteiger partial charge in [-0.2, -0.15) is 18.3 Å². The Hall–Kier alpha value is -2.89. The molecule has 0 N–H and O–H groups in total. The third kappa shape index (κ3) is 4.55. The number of aromatic nitrogens is 2. The number of benzene rings is 2. The SMILES string of the molecule is CC1=Nc2cc(C(F)(F)F)nn2C(c2ccc(Cl)c(Cl)c2)C1C(=O)N(C)S(=O)(=O)c1ccccc1. The van der Waals surface area contributed by atoms with Gasteiger partial charge >= 0.3 is 6.18 Å². The quantitative estimate of drug-likeness (QED) is 0.442. The first-order valence-corrected chi connectivity index (χ1v) is 12.3. The highest BCUT2D eigenvalue weighted by atomic mass is 35.5. The maximum absolute atomic E-state index is 13.6. The van der Waals surface area contributed by atoms with E-state index < -0.39 is 39.8 Å². The van der Waals surface area contributed by atoms with E-state index in [1.807, 2.05) is 0 Å². The molecular weight excluding hydrogens is 528 g/mol. The molecular formula is C22H17Cl2F3N4O3S. The van der Waals surface area contributed by atoms with Gasteiger partial charge in [-0.15, -0.1) is 0 Å². The molecule has 1 aliphatic rings. The first-order valence-electron chi connectivity index (χ1n) is 10.1. The minimum absolute atomic E-state index is 0.102. The molecule has 2 heterocycles. The molecule has 2 aromatic carbocycles. The molecule has 184 valence electrons. The van der Waals surface area contributed by atoms with Gasteiger partial charge in [-0.3, -0.25) is 4.79 Å². The molecule has 0 saturated carbocycles. The zero-order chi connectivity index (χ0) is 25.7. The second-order valence-corrected chi connectivity index (χ2v) is 10.6. The highest BCUT2D eigenvalue weighted by Gasteiger charge is 2.44. The van der Waals surface area contributed by atoms with Crippen molar-refractivity contribution in [3.63, 3.8) is 0 Å². The molecule has 0 aliphatic carbocycles. The van der Waals surface area contributed by atoms with E-state index in [1.165, 1.54) is 49.4 Å². The predicted molar refractivity (Wildman–Crippen MR) is 124 cm³/mol. The summed E-state index contributed by atoms with van der Waals surface area (Å²) in [4.78, 5) is 17.7. The normalized spacial score (nSPS) is 18.1. The fourth-order valence-electron chi connectivity index (χ4n) is 3.84. The summed E-state index contributed by atoms with van der Waals surface area (Å²) in [7, 11) is -3.17. The molecule has 0 bridgehead atoms. The van der Waals surface area contributed by atoms with Gasteiger partial charge in [0.15, 0.2) is 11.5 Å². The summed E-state index contributed by atoms with van der Waals surface area (Å²) < 4.78 is 68.0. The standard InChI is InChI=1S/C22H17Cl2F3N4O3S/c1-12-19(21(32)30(2)35(33,34)14-6-4-3-5-7-14)20(13-8-9-15(23)16(24)10-13)31-18(28-12)11-17(29-31)22(25,26)27/h3-11,19-20H,1-2H3. The van der Waals surface area contributed by atoms with E-state index in [1.54, 1.807) is 6.07 Å². The van der Waals surface area contributed by atoms with Gasteiger partial charge in [-0.25, -0.2) is 22.4 Å². The molecule has 3 aromatic rings. The molecule has 1 aliphatic heterocycles. The van der Waals surface area contributed by atoms with E-state index in [4.69, 9.17) is 23.2 Å². The average molecular weight is 545 g/mol. The van der Waals surface area contributed by atoms with E-state index in [0.29, 0.717) is 9.87 Å². The lowest BCUT2D eigenvalue weighted by molar-refractivity contribution is -0.141. The molecule has 0 fully saturated rings. The second-order valence-electron chi connectivity index (χ2n) is 7.80. The van der Waals surface area contributed by atoms with Gasteiger partial charge in [-0.1, -0.05) is 47.5 Å². The fraction of sp³-hybridized carbons (Fsp3) is 0.227. The van der Waals surface area contributed by atoms with Crippen molar-refractivity contribution in [1.29, 1.82) is 0 Å². The summed E-state index contributed by atoms with van der Waals surface area (Å²) in [6, 6.07) is 11.2. The first kappa shape index (κ1) is 25.2. The second kappa shape index (κ2) is 8.96. The van der Waals surface area contributed by atoms with Crippen molar-refractivity contribution in [3.8, 4) is 0 Å². The zero-order valence-corrected chi connectivity index (χ0v) is 20.5. The summed E-state index contributed by atoms with van der Waals surface area (Å²) in [5.74, 6) is -2.34. The minimum atomic E-state index is -4.76. The molecule has 13 heteroatoms. The Bertz CT molecular complexity index is 1440. The van der Waals surface area contributed by atoms with Crippen LogP contribution in [-0.4, -0.2) is 41.2 Å². The number of nitrogens with zero attached hydrogens (tertiary/aromatic N) is 4. The van der Waals surface area contributed by atoms with Gasteiger partial charge in [-0.05, 0) is 36.8 Å². The molecule has 0 spiro atoms. The highest BCUT2D eigenvalue weighted by molar-refractivity contribution is 7.89. The van der Waals surface area contributed by atoms with Gasteiger partial charge in [0.1, 0.15) is 5.92 Å². The Labute approximate surface area is 208 Å². The van der Waals surface area contributed by atoms with Crippen LogP contribution in [0.2, 0.25) is 10.0 Å². The number of alkyl halides is 3. The van der Waals surface area contributed by atoms with Crippen LogP contribution in [0.1, 0.15) is 24.2 Å². The van der Waals surface area contributed by atoms with Crippen LogP contribution >= 0.6 is 23.2 Å². The topological polar surface area (TPSA) is 84.6 Å². The summed E-state index contributed by atoms with van der Waals surface area (Å²) in [6.45, 7) is 1.44. The zero-order valence-electron chi connectivity index (χ0n) is 18.2. The number of rotatable bonds is 4. The fourth-order valence-corrected chi connectivity index (χ4v) is 5.31. The summed E-state index contributed by atoms with van der Waals surface area (Å²) >= 11 is 12.2. The third-order valence-electron chi connectivity index (χ3n) is 5.59. The largest absolute Gasteiger partial charge is 0.435 e. The monoisotopic (exact) mass is 544 g/mol. The number of aliphatic imine (C=N–C) groups is 1. The summed E-state index contributed by atoms with van der Waals surface area (Å²) in [5, 5.41) is 3.96. The van der Waals surface area contributed by atoms with Crippen LogP contribution in [-0.2, 0) is 21.0 Å². The number of hydrogen-bond acceptors (Lipinski definition) is 5. The lowest BCUT2D eigenvalue weighted by Gasteiger charge is -2.33. The van der Waals surface area contributed by atoms with Crippen LogP contribution in [0.15, 0.2) is 64.5 Å². The van der Waals surface area contributed by atoms with Gasteiger partial charge in [0.25, 0.3) is 10.0 Å². The van der Waals surface area contributed by atoms with Gasteiger partial charge in [0.05, 0.1) is 21.0 Å². The number of hydrogen-bond donors (Lipinski definition) is 0. The number of amides is 1. The minimum Gasteiger partial charge on any atom is -0.273 e. The molecule has 2 unspecified atom stereocenters. The van der Waals surface area contributed by atoms with Crippen molar-refractivity contribution in [1.82, 2.24) is 14.1 Å². The van der Waals surface area contributed by atoms with Gasteiger partial charge < -0.3 is 0 Å². The average Bonchev–Trinajstić information content (AvgIpc) is 3.24. The Balaban J connectivity index is 1.86. The smallest absolute Gasteiger partial charge is 0.273 e. The highest BCUT2D eigenvalue weighted by Crippen LogP contribution is 2.42. The lowest BCUT2D eigenvalue weighted by atomic mass is 9.87. The molecule has 1 aromatic heterocycles. The Morgan fingerprint density at radius 2 is 1.71 bits per heavy atom. The Kier molecular flexibility index (Phi) is 6.45. The van der Waals surface area contributed by atoms with Gasteiger partial charge in [0, 0.05) is 18.8 Å². The number of fused-ring (bicyclic) bond motifs is 1. The maximum atomic E-state index is 13.6. The van der Waals surface area contributed by atoms with E-state index in [2.05, 4.69) is 10.1 Å². The summed E-state index contributed by atoms with van der Waals surface area (Å²) in [5.41, 5.74) is -0.787. The van der Waals surface area contributed by atoms with Crippen LogP contribution in [0, 0.1) is 5.92 Å². The van der Waals surface area contributed by atoms with Crippen molar-refractivity contribution in [2.24, 2.45) is 10.9 Å². The Morgan fingerprint density at radius 3 is 2.31 bits per heavy atom. The van der Waals surface area contributed by atoms with Crippen LogP contribution in [0.4, 0.5) is 19.0 Å². The van der Waals surface area contributed by atoms with E-state index in [9.17, 15) is 26.4 Å². The number of carbonyl (C=O) groups excluding carboxylic acids is 1. The van der Waals surface area contributed by atoms with E-state index in [-0.39, 0.29) is 26.5 Å². The molecule has 7 nitrogen and oxygen atoms in total. The maximum Gasteiger partial charge on any atom is 0.435 e. The van der Waals surface area contributed by atoms with Crippen molar-refractivity contribution < 1.29 is 26.4 Å². The van der Waals surface area contributed by atoms with Crippen molar-refractivity contribution in [3.05, 3.63) is 75.9 Å². The molecule has 0 saturated heterocycles. The molecule has 2 atom stereocenters. The van der Waals surface area contributed by atoms with Crippen LogP contribution in [0.25, 0.3) is 0 Å². The van der Waals surface area contributed by atoms with Gasteiger partial charge in [0.2, 0.25) is 5.91 Å². The van der Waals surface area contributed by atoms with Crippen molar-refractivity contribution in [2.75, 3.05) is 7.05 Å². The molecule has 35 heavy (non-hydrogen) atoms. The van der Waals surface area contributed by atoms with Crippen LogP contribution < -0.4 is 0 Å². The molecule has 0 radical (unpaired) electrons. The number of carbonyl (C=O) groups is 1. The van der Waals surface area contributed by atoms with E-state index >= 15 is 0 Å². The number of sulfonamides is 1. The number of halogens is 5.